The first-order valence-electron chi connectivity index (χ1n) is 5.94. The molecule has 0 spiro atoms. The lowest BCUT2D eigenvalue weighted by Crippen LogP contribution is -2.57. The summed E-state index contributed by atoms with van der Waals surface area (Å²) in [5, 5.41) is 3.09. The number of hydrogen-bond acceptors (Lipinski definition) is 2. The van der Waals surface area contributed by atoms with Crippen molar-refractivity contribution in [3.63, 3.8) is 0 Å². The summed E-state index contributed by atoms with van der Waals surface area (Å²) in [6.45, 7) is 2.08. The molecule has 0 aromatic rings. The van der Waals surface area contributed by atoms with Crippen LogP contribution in [0.4, 0.5) is 13.2 Å². The minimum atomic E-state index is -1.23. The van der Waals surface area contributed by atoms with Gasteiger partial charge in [0.05, 0.1) is 12.7 Å². The van der Waals surface area contributed by atoms with Gasteiger partial charge in [-0.15, -0.1) is 0 Å². The Kier molecular flexibility index (Phi) is 4.10. The van der Waals surface area contributed by atoms with Crippen molar-refractivity contribution in [2.45, 2.75) is 25.1 Å². The van der Waals surface area contributed by atoms with Crippen LogP contribution in [0.2, 0.25) is 0 Å². The van der Waals surface area contributed by atoms with Gasteiger partial charge in [0.1, 0.15) is 12.0 Å². The highest BCUT2D eigenvalue weighted by Gasteiger charge is 2.27. The van der Waals surface area contributed by atoms with Gasteiger partial charge in [0.15, 0.2) is 0 Å². The second-order valence-corrected chi connectivity index (χ2v) is 4.58. The fourth-order valence-corrected chi connectivity index (χ4v) is 2.17. The molecule has 0 aromatic carbocycles. The Hall–Kier alpha value is -0.970. The number of nitrogens with zero attached hydrogens (tertiary/aromatic N) is 1. The first kappa shape index (κ1) is 12.5. The first-order valence-corrected chi connectivity index (χ1v) is 5.94. The molecule has 5 heteroatoms. The lowest BCUT2D eigenvalue weighted by atomic mass is 10.1. The summed E-state index contributed by atoms with van der Waals surface area (Å²) in [5.41, 5.74) is 0.524. The zero-order valence-electron chi connectivity index (χ0n) is 9.63. The van der Waals surface area contributed by atoms with Crippen LogP contribution in [-0.2, 0) is 0 Å². The van der Waals surface area contributed by atoms with E-state index in [4.69, 9.17) is 0 Å². The van der Waals surface area contributed by atoms with E-state index in [1.807, 2.05) is 0 Å². The van der Waals surface area contributed by atoms with Crippen molar-refractivity contribution in [3.8, 4) is 0 Å². The number of allylic oxidation sites excluding steroid dienone is 3. The Bertz CT molecular complexity index is 322. The zero-order chi connectivity index (χ0) is 12.3. The molecule has 0 bridgehead atoms. The van der Waals surface area contributed by atoms with Crippen LogP contribution in [-0.4, -0.2) is 43.4 Å². The smallest absolute Gasteiger partial charge is 0.127 e. The van der Waals surface area contributed by atoms with Crippen LogP contribution in [0, 0.1) is 0 Å². The van der Waals surface area contributed by atoms with Crippen LogP contribution in [0.3, 0.4) is 0 Å². The molecule has 1 saturated heterocycles. The predicted octanol–water partition coefficient (Wildman–Crippen LogP) is 2.10. The Morgan fingerprint density at radius 1 is 1.41 bits per heavy atom. The Morgan fingerprint density at radius 2 is 2.18 bits per heavy atom. The highest BCUT2D eigenvalue weighted by Crippen LogP contribution is 2.21. The molecule has 0 saturated carbocycles. The van der Waals surface area contributed by atoms with Gasteiger partial charge in [0, 0.05) is 31.8 Å². The van der Waals surface area contributed by atoms with Crippen molar-refractivity contribution in [1.82, 2.24) is 10.2 Å². The average molecular weight is 246 g/mol. The molecule has 0 aromatic heterocycles. The van der Waals surface area contributed by atoms with E-state index in [2.05, 4.69) is 10.2 Å². The molecule has 96 valence electrons. The maximum absolute atomic E-state index is 13.1. The number of alkyl halides is 2. The molecule has 2 nitrogen and oxygen atoms in total. The minimum Gasteiger partial charge on any atom is -0.380 e. The van der Waals surface area contributed by atoms with Crippen molar-refractivity contribution in [1.29, 1.82) is 0 Å². The number of hydrogen-bond donors (Lipinski definition) is 1. The fourth-order valence-electron chi connectivity index (χ4n) is 2.17. The lowest BCUT2D eigenvalue weighted by molar-refractivity contribution is 0.128. The molecule has 0 amide bonds. The van der Waals surface area contributed by atoms with Crippen molar-refractivity contribution < 1.29 is 13.2 Å². The van der Waals surface area contributed by atoms with E-state index < -0.39 is 12.0 Å². The predicted molar refractivity (Wildman–Crippen MR) is 60.7 cm³/mol. The lowest BCUT2D eigenvalue weighted by Gasteiger charge is -2.40. The molecule has 0 radical (unpaired) electrons. The van der Waals surface area contributed by atoms with E-state index in [0.717, 1.165) is 19.6 Å². The Balaban J connectivity index is 1.73. The third-order valence-electron chi connectivity index (χ3n) is 3.00. The summed E-state index contributed by atoms with van der Waals surface area (Å²) in [7, 11) is 0. The zero-order valence-corrected chi connectivity index (χ0v) is 9.63. The molecule has 1 aliphatic heterocycles. The minimum absolute atomic E-state index is 0.154. The van der Waals surface area contributed by atoms with Gasteiger partial charge >= 0.3 is 0 Å². The highest BCUT2D eigenvalue weighted by molar-refractivity contribution is 5.27. The summed E-state index contributed by atoms with van der Waals surface area (Å²) >= 11 is 0. The third kappa shape index (κ3) is 3.49. The molecule has 17 heavy (non-hydrogen) atoms. The third-order valence-corrected chi connectivity index (χ3v) is 3.00. The van der Waals surface area contributed by atoms with Crippen LogP contribution in [0.1, 0.15) is 12.8 Å². The second kappa shape index (κ2) is 5.58. The molecule has 2 aliphatic rings. The molecule has 1 heterocycles. The molecular formula is C12H17F3N2. The fraction of sp³-hybridized carbons (Fsp3) is 0.667. The SMILES string of the molecule is FCCCN1CC(NC2=CC(F)CC(F)=C2)C1. The van der Waals surface area contributed by atoms with Gasteiger partial charge in [-0.3, -0.25) is 9.29 Å². The van der Waals surface area contributed by atoms with E-state index in [9.17, 15) is 13.2 Å². The van der Waals surface area contributed by atoms with Gasteiger partial charge in [0.25, 0.3) is 0 Å². The topological polar surface area (TPSA) is 15.3 Å². The molecule has 1 atom stereocenters. The number of likely N-dealkylation sites (tertiary alicyclic amines) is 1. The summed E-state index contributed by atoms with van der Waals surface area (Å²) in [5.74, 6) is -0.420. The van der Waals surface area contributed by atoms with Crippen LogP contribution in [0.5, 0.6) is 0 Å². The average Bonchev–Trinajstić information content (AvgIpc) is 2.19. The molecule has 1 unspecified atom stereocenters. The standard InChI is InChI=1S/C12H17F3N2/c13-2-1-3-17-7-12(8-17)16-11-5-9(14)4-10(15)6-11/h5-6,9,12,16H,1-4,7-8H2. The molecule has 2 rings (SSSR count). The monoisotopic (exact) mass is 246 g/mol. The number of nitrogens with one attached hydrogen (secondary N) is 1. The van der Waals surface area contributed by atoms with Crippen molar-refractivity contribution in [2.24, 2.45) is 0 Å². The van der Waals surface area contributed by atoms with E-state index in [-0.39, 0.29) is 19.1 Å². The normalized spacial score (nSPS) is 26.2. The highest BCUT2D eigenvalue weighted by atomic mass is 19.1. The Morgan fingerprint density at radius 3 is 2.82 bits per heavy atom. The number of rotatable bonds is 5. The van der Waals surface area contributed by atoms with Crippen LogP contribution < -0.4 is 5.32 Å². The molecule has 1 N–H and O–H groups in total. The van der Waals surface area contributed by atoms with E-state index >= 15 is 0 Å². The largest absolute Gasteiger partial charge is 0.380 e. The maximum Gasteiger partial charge on any atom is 0.127 e. The van der Waals surface area contributed by atoms with E-state index in [0.29, 0.717) is 12.1 Å². The second-order valence-electron chi connectivity index (χ2n) is 4.58. The van der Waals surface area contributed by atoms with Crippen molar-refractivity contribution in [2.75, 3.05) is 26.3 Å². The van der Waals surface area contributed by atoms with Crippen LogP contribution >= 0.6 is 0 Å². The summed E-state index contributed by atoms with van der Waals surface area (Å²) < 4.78 is 38.0. The van der Waals surface area contributed by atoms with Gasteiger partial charge in [-0.05, 0) is 18.6 Å². The quantitative estimate of drug-likeness (QED) is 0.799. The van der Waals surface area contributed by atoms with Crippen LogP contribution in [0.15, 0.2) is 23.7 Å². The van der Waals surface area contributed by atoms with E-state index in [1.165, 1.54) is 12.2 Å². The van der Waals surface area contributed by atoms with Gasteiger partial charge in [-0.2, -0.15) is 0 Å². The van der Waals surface area contributed by atoms with Crippen LogP contribution in [0.25, 0.3) is 0 Å². The summed E-state index contributed by atoms with van der Waals surface area (Å²) in [4.78, 5) is 2.12. The molecule has 1 fully saturated rings. The Labute approximate surface area is 99.2 Å². The van der Waals surface area contributed by atoms with Gasteiger partial charge < -0.3 is 5.32 Å². The summed E-state index contributed by atoms with van der Waals surface area (Å²) in [6, 6.07) is 0.218. The van der Waals surface area contributed by atoms with E-state index in [1.54, 1.807) is 0 Å². The molecule has 1 aliphatic carbocycles. The van der Waals surface area contributed by atoms with Gasteiger partial charge in [0.2, 0.25) is 0 Å². The number of halogens is 3. The maximum atomic E-state index is 13.1. The van der Waals surface area contributed by atoms with Crippen molar-refractivity contribution >= 4 is 0 Å². The van der Waals surface area contributed by atoms with Crippen molar-refractivity contribution in [3.05, 3.63) is 23.7 Å². The summed E-state index contributed by atoms with van der Waals surface area (Å²) in [6.07, 6.45) is 1.92. The first-order chi connectivity index (χ1) is 8.17. The van der Waals surface area contributed by atoms with Gasteiger partial charge in [-0.25, -0.2) is 8.78 Å². The van der Waals surface area contributed by atoms with Gasteiger partial charge in [-0.1, -0.05) is 0 Å². The molecular weight excluding hydrogens is 229 g/mol.